The predicted octanol–water partition coefficient (Wildman–Crippen LogP) is 3.88. The number of anilines is 1. The number of esters is 1. The molecule has 0 saturated carbocycles. The molecular formula is C23H31N3O3. The molecule has 6 nitrogen and oxygen atoms in total. The van der Waals surface area contributed by atoms with E-state index in [2.05, 4.69) is 39.5 Å². The van der Waals surface area contributed by atoms with Gasteiger partial charge in [-0.25, -0.2) is 4.98 Å². The highest BCUT2D eigenvalue weighted by molar-refractivity contribution is 5.76. The van der Waals surface area contributed by atoms with Gasteiger partial charge in [-0.2, -0.15) is 0 Å². The van der Waals surface area contributed by atoms with Crippen LogP contribution in [0.15, 0.2) is 48.7 Å². The van der Waals surface area contributed by atoms with Crippen molar-refractivity contribution in [1.29, 1.82) is 0 Å². The maximum absolute atomic E-state index is 12.6. The first-order valence-corrected chi connectivity index (χ1v) is 10.4. The largest absolute Gasteiger partial charge is 0.481 e. The van der Waals surface area contributed by atoms with E-state index in [1.165, 1.54) is 5.56 Å². The molecule has 1 atom stereocenters. The lowest BCUT2D eigenvalue weighted by Gasteiger charge is -2.34. The average Bonchev–Trinajstić information content (AvgIpc) is 2.78. The summed E-state index contributed by atoms with van der Waals surface area (Å²) in [6.07, 6.45) is 7.70. The average molecular weight is 398 g/mol. The monoisotopic (exact) mass is 397 g/mol. The molecule has 0 spiro atoms. The van der Waals surface area contributed by atoms with E-state index in [4.69, 9.17) is 9.47 Å². The van der Waals surface area contributed by atoms with Crippen molar-refractivity contribution in [2.75, 3.05) is 32.2 Å². The van der Waals surface area contributed by atoms with Crippen molar-refractivity contribution in [3.8, 4) is 5.88 Å². The molecule has 156 valence electrons. The number of rotatable bonds is 10. The van der Waals surface area contributed by atoms with Crippen molar-refractivity contribution in [3.05, 3.63) is 54.2 Å². The normalized spacial score (nSPS) is 16.9. The zero-order valence-electron chi connectivity index (χ0n) is 17.2. The number of pyridine rings is 1. The fourth-order valence-electron chi connectivity index (χ4n) is 3.59. The highest BCUT2D eigenvalue weighted by Gasteiger charge is 2.29. The number of ether oxygens (including phenoxy) is 2. The molecule has 0 amide bonds. The van der Waals surface area contributed by atoms with Gasteiger partial charge < -0.3 is 14.8 Å². The van der Waals surface area contributed by atoms with Crippen LogP contribution in [0.4, 0.5) is 5.69 Å². The third-order valence-corrected chi connectivity index (χ3v) is 5.26. The van der Waals surface area contributed by atoms with Crippen LogP contribution in [0.2, 0.25) is 0 Å². The first kappa shape index (κ1) is 21.1. The Morgan fingerprint density at radius 1 is 1.17 bits per heavy atom. The van der Waals surface area contributed by atoms with Crippen LogP contribution in [0.3, 0.4) is 0 Å². The van der Waals surface area contributed by atoms with Crippen LogP contribution in [0.25, 0.3) is 0 Å². The SMILES string of the molecule is COc1ccc(NCN2CCCC[C@H]2C(=O)OCCCCc2ccccc2)cn1. The Morgan fingerprint density at radius 2 is 2.03 bits per heavy atom. The van der Waals surface area contributed by atoms with Gasteiger partial charge in [-0.05, 0) is 43.7 Å². The smallest absolute Gasteiger partial charge is 0.323 e. The van der Waals surface area contributed by atoms with Gasteiger partial charge in [-0.3, -0.25) is 9.69 Å². The summed E-state index contributed by atoms with van der Waals surface area (Å²) < 4.78 is 10.7. The van der Waals surface area contributed by atoms with Gasteiger partial charge in [0.15, 0.2) is 0 Å². The Hall–Kier alpha value is -2.60. The summed E-state index contributed by atoms with van der Waals surface area (Å²) in [6, 6.07) is 14.0. The number of hydrogen-bond donors (Lipinski definition) is 1. The zero-order valence-corrected chi connectivity index (χ0v) is 17.2. The second kappa shape index (κ2) is 11.4. The second-order valence-corrected chi connectivity index (χ2v) is 7.36. The molecule has 0 unspecified atom stereocenters. The van der Waals surface area contributed by atoms with Crippen molar-refractivity contribution < 1.29 is 14.3 Å². The number of methoxy groups -OCH3 is 1. The molecule has 1 aliphatic heterocycles. The molecule has 1 aliphatic rings. The third kappa shape index (κ3) is 6.75. The number of carbonyl (C=O) groups excluding carboxylic acids is 1. The number of aromatic nitrogens is 1. The van der Waals surface area contributed by atoms with Crippen LogP contribution in [-0.4, -0.2) is 48.8 Å². The van der Waals surface area contributed by atoms with Gasteiger partial charge in [0, 0.05) is 12.6 Å². The topological polar surface area (TPSA) is 63.7 Å². The molecule has 2 heterocycles. The van der Waals surface area contributed by atoms with Crippen molar-refractivity contribution in [3.63, 3.8) is 0 Å². The number of benzene rings is 1. The molecule has 1 aromatic heterocycles. The summed E-state index contributed by atoms with van der Waals surface area (Å²) >= 11 is 0. The van der Waals surface area contributed by atoms with E-state index in [-0.39, 0.29) is 12.0 Å². The lowest BCUT2D eigenvalue weighted by molar-refractivity contribution is -0.151. The quantitative estimate of drug-likeness (QED) is 0.485. The highest BCUT2D eigenvalue weighted by Crippen LogP contribution is 2.19. The number of piperidine rings is 1. The van der Waals surface area contributed by atoms with Crippen LogP contribution in [-0.2, 0) is 16.0 Å². The summed E-state index contributed by atoms with van der Waals surface area (Å²) in [7, 11) is 1.60. The maximum Gasteiger partial charge on any atom is 0.323 e. The molecular weight excluding hydrogens is 366 g/mol. The molecule has 1 saturated heterocycles. The van der Waals surface area contributed by atoms with Crippen LogP contribution >= 0.6 is 0 Å². The third-order valence-electron chi connectivity index (χ3n) is 5.26. The lowest BCUT2D eigenvalue weighted by Crippen LogP contribution is -2.47. The summed E-state index contributed by atoms with van der Waals surface area (Å²) in [5, 5.41) is 3.35. The van der Waals surface area contributed by atoms with Crippen molar-refractivity contribution in [1.82, 2.24) is 9.88 Å². The molecule has 2 aromatic rings. The first-order chi connectivity index (χ1) is 14.3. The van der Waals surface area contributed by atoms with E-state index in [0.717, 1.165) is 50.8 Å². The van der Waals surface area contributed by atoms with Crippen molar-refractivity contribution in [2.45, 2.75) is 44.6 Å². The number of nitrogens with one attached hydrogen (secondary N) is 1. The Labute approximate surface area is 173 Å². The summed E-state index contributed by atoms with van der Waals surface area (Å²) in [4.78, 5) is 19.0. The van der Waals surface area contributed by atoms with E-state index < -0.39 is 0 Å². The van der Waals surface area contributed by atoms with Gasteiger partial charge in [0.05, 0.1) is 32.3 Å². The van der Waals surface area contributed by atoms with Gasteiger partial charge in [-0.15, -0.1) is 0 Å². The minimum absolute atomic E-state index is 0.0981. The fraction of sp³-hybridized carbons (Fsp3) is 0.478. The Kier molecular flexibility index (Phi) is 8.31. The molecule has 1 aromatic carbocycles. The first-order valence-electron chi connectivity index (χ1n) is 10.4. The second-order valence-electron chi connectivity index (χ2n) is 7.36. The standard InChI is InChI=1S/C23H31N3O3/c1-28-22-14-13-20(17-24-22)25-18-26-15-7-5-12-21(26)23(27)29-16-8-6-11-19-9-3-2-4-10-19/h2-4,9-10,13-14,17,21,25H,5-8,11-12,15-16,18H2,1H3/t21-/m0/s1. The lowest BCUT2D eigenvalue weighted by atomic mass is 10.0. The fourth-order valence-corrected chi connectivity index (χ4v) is 3.59. The molecule has 1 fully saturated rings. The Balaban J connectivity index is 1.40. The molecule has 0 aliphatic carbocycles. The predicted molar refractivity (Wildman–Crippen MR) is 114 cm³/mol. The maximum atomic E-state index is 12.6. The summed E-state index contributed by atoms with van der Waals surface area (Å²) in [5.74, 6) is 0.487. The molecule has 3 rings (SSSR count). The van der Waals surface area contributed by atoms with Gasteiger partial charge in [0.2, 0.25) is 5.88 Å². The number of unbranched alkanes of at least 4 members (excludes halogenated alkanes) is 1. The number of hydrogen-bond acceptors (Lipinski definition) is 6. The number of aryl methyl sites for hydroxylation is 1. The Bertz CT molecular complexity index is 737. The number of carbonyl (C=O) groups is 1. The molecule has 6 heteroatoms. The molecule has 1 N–H and O–H groups in total. The van der Waals surface area contributed by atoms with E-state index in [1.807, 2.05) is 18.2 Å². The summed E-state index contributed by atoms with van der Waals surface area (Å²) in [6.45, 7) is 1.98. The molecule has 0 bridgehead atoms. The van der Waals surface area contributed by atoms with Crippen LogP contribution in [0, 0.1) is 0 Å². The minimum atomic E-state index is -0.170. The summed E-state index contributed by atoms with van der Waals surface area (Å²) in [5.41, 5.74) is 2.24. The van der Waals surface area contributed by atoms with E-state index in [9.17, 15) is 4.79 Å². The van der Waals surface area contributed by atoms with Gasteiger partial charge in [0.25, 0.3) is 0 Å². The molecule has 29 heavy (non-hydrogen) atoms. The highest BCUT2D eigenvalue weighted by atomic mass is 16.5. The number of likely N-dealkylation sites (tertiary alicyclic amines) is 1. The molecule has 0 radical (unpaired) electrons. The van der Waals surface area contributed by atoms with Gasteiger partial charge in [-0.1, -0.05) is 36.8 Å². The van der Waals surface area contributed by atoms with E-state index >= 15 is 0 Å². The van der Waals surface area contributed by atoms with Crippen LogP contribution < -0.4 is 10.1 Å². The van der Waals surface area contributed by atoms with Crippen LogP contribution in [0.5, 0.6) is 5.88 Å². The van der Waals surface area contributed by atoms with E-state index in [0.29, 0.717) is 19.2 Å². The van der Waals surface area contributed by atoms with Crippen molar-refractivity contribution in [2.24, 2.45) is 0 Å². The van der Waals surface area contributed by atoms with Crippen molar-refractivity contribution >= 4 is 11.7 Å². The number of nitrogens with zero attached hydrogens (tertiary/aromatic N) is 2. The van der Waals surface area contributed by atoms with Gasteiger partial charge >= 0.3 is 5.97 Å². The Morgan fingerprint density at radius 3 is 2.79 bits per heavy atom. The van der Waals surface area contributed by atoms with Gasteiger partial charge in [0.1, 0.15) is 6.04 Å². The van der Waals surface area contributed by atoms with Crippen LogP contribution in [0.1, 0.15) is 37.7 Å². The zero-order chi connectivity index (χ0) is 20.3. The minimum Gasteiger partial charge on any atom is -0.481 e. The van der Waals surface area contributed by atoms with E-state index in [1.54, 1.807) is 13.3 Å².